The second-order valence-corrected chi connectivity index (χ2v) is 6.40. The molecule has 2 aromatic carbocycles. The van der Waals surface area contributed by atoms with Crippen LogP contribution in [0.1, 0.15) is 30.9 Å². The Bertz CT molecular complexity index is 913. The van der Waals surface area contributed by atoms with Crippen molar-refractivity contribution in [3.63, 3.8) is 0 Å². The predicted octanol–water partition coefficient (Wildman–Crippen LogP) is 3.98. The highest BCUT2D eigenvalue weighted by Gasteiger charge is 2.07. The maximum atomic E-state index is 12.7. The molecule has 3 aromatic rings. The first-order valence-electron chi connectivity index (χ1n) is 8.63. The van der Waals surface area contributed by atoms with Crippen molar-refractivity contribution in [3.05, 3.63) is 82.4 Å². The summed E-state index contributed by atoms with van der Waals surface area (Å²) in [5.74, 6) is 1.59. The van der Waals surface area contributed by atoms with Crippen LogP contribution in [0.4, 0.5) is 5.82 Å². The van der Waals surface area contributed by atoms with Crippen LogP contribution in [0.15, 0.2) is 65.7 Å². The van der Waals surface area contributed by atoms with E-state index in [-0.39, 0.29) is 5.56 Å². The summed E-state index contributed by atoms with van der Waals surface area (Å²) in [6.45, 7) is 4.81. The van der Waals surface area contributed by atoms with Gasteiger partial charge in [0.25, 0.3) is 5.56 Å². The van der Waals surface area contributed by atoms with E-state index >= 15 is 0 Å². The lowest BCUT2D eigenvalue weighted by Crippen LogP contribution is -2.23. The Morgan fingerprint density at radius 2 is 1.77 bits per heavy atom. The minimum Gasteiger partial charge on any atom is -0.497 e. The van der Waals surface area contributed by atoms with Crippen LogP contribution in [0.3, 0.4) is 0 Å². The highest BCUT2D eigenvalue weighted by molar-refractivity contribution is 5.40. The summed E-state index contributed by atoms with van der Waals surface area (Å²) in [6, 6.07) is 15.7. The molecule has 0 bridgehead atoms. The molecule has 1 heterocycles. The Hall–Kier alpha value is -3.08. The summed E-state index contributed by atoms with van der Waals surface area (Å²) < 4.78 is 6.76. The Labute approximate surface area is 153 Å². The summed E-state index contributed by atoms with van der Waals surface area (Å²) in [4.78, 5) is 16.9. The number of nitrogens with one attached hydrogen (secondary N) is 1. The third-order valence-electron chi connectivity index (χ3n) is 4.30. The number of hydrogen-bond acceptors (Lipinski definition) is 4. The van der Waals surface area contributed by atoms with Crippen LogP contribution >= 0.6 is 0 Å². The van der Waals surface area contributed by atoms with Crippen LogP contribution in [0.25, 0.3) is 5.69 Å². The highest BCUT2D eigenvalue weighted by atomic mass is 16.5. The second-order valence-electron chi connectivity index (χ2n) is 6.40. The molecule has 134 valence electrons. The van der Waals surface area contributed by atoms with E-state index in [4.69, 9.17) is 4.74 Å². The molecule has 0 amide bonds. The highest BCUT2D eigenvalue weighted by Crippen LogP contribution is 2.16. The number of benzene rings is 2. The zero-order chi connectivity index (χ0) is 18.5. The molecule has 1 aromatic heterocycles. The van der Waals surface area contributed by atoms with E-state index < -0.39 is 0 Å². The fraction of sp³-hybridized carbons (Fsp3) is 0.238. The van der Waals surface area contributed by atoms with Gasteiger partial charge in [-0.3, -0.25) is 9.36 Å². The lowest BCUT2D eigenvalue weighted by molar-refractivity contribution is 0.414. The number of rotatable bonds is 6. The topological polar surface area (TPSA) is 56.1 Å². The molecule has 0 fully saturated rings. The maximum absolute atomic E-state index is 12.7. The number of hydrogen-bond donors (Lipinski definition) is 1. The first-order valence-corrected chi connectivity index (χ1v) is 8.63. The molecule has 0 spiro atoms. The SMILES string of the molecule is COc1ccc(CNc2nccn(-c3ccc(C(C)C)cc3)c2=O)cc1. The van der Waals surface area contributed by atoms with E-state index in [1.165, 1.54) is 5.56 Å². The van der Waals surface area contributed by atoms with E-state index in [9.17, 15) is 4.79 Å². The van der Waals surface area contributed by atoms with Gasteiger partial charge in [-0.2, -0.15) is 0 Å². The van der Waals surface area contributed by atoms with Crippen molar-refractivity contribution in [1.82, 2.24) is 9.55 Å². The molecular formula is C21H23N3O2. The van der Waals surface area contributed by atoms with Crippen molar-refractivity contribution in [2.45, 2.75) is 26.3 Å². The summed E-state index contributed by atoms with van der Waals surface area (Å²) in [5, 5.41) is 3.12. The molecule has 0 aliphatic rings. The molecule has 0 unspecified atom stereocenters. The maximum Gasteiger partial charge on any atom is 0.297 e. The van der Waals surface area contributed by atoms with E-state index in [0.29, 0.717) is 18.3 Å². The number of anilines is 1. The van der Waals surface area contributed by atoms with Crippen molar-refractivity contribution in [2.75, 3.05) is 12.4 Å². The van der Waals surface area contributed by atoms with Gasteiger partial charge in [0.2, 0.25) is 0 Å². The van der Waals surface area contributed by atoms with E-state index in [1.807, 2.05) is 36.4 Å². The monoisotopic (exact) mass is 349 g/mol. The third-order valence-corrected chi connectivity index (χ3v) is 4.30. The molecular weight excluding hydrogens is 326 g/mol. The Kier molecular flexibility index (Phi) is 5.37. The Morgan fingerprint density at radius 3 is 2.38 bits per heavy atom. The predicted molar refractivity (Wildman–Crippen MR) is 104 cm³/mol. The number of ether oxygens (including phenoxy) is 1. The number of nitrogens with zero attached hydrogens (tertiary/aromatic N) is 2. The average Bonchev–Trinajstić information content (AvgIpc) is 2.67. The van der Waals surface area contributed by atoms with Crippen LogP contribution in [0.5, 0.6) is 5.75 Å². The van der Waals surface area contributed by atoms with Crippen molar-refractivity contribution >= 4 is 5.82 Å². The summed E-state index contributed by atoms with van der Waals surface area (Å²) in [5.41, 5.74) is 2.95. The van der Waals surface area contributed by atoms with Gasteiger partial charge in [0, 0.05) is 24.6 Å². The Morgan fingerprint density at radius 1 is 1.08 bits per heavy atom. The van der Waals surface area contributed by atoms with E-state index in [2.05, 4.69) is 36.3 Å². The molecule has 0 saturated carbocycles. The van der Waals surface area contributed by atoms with Gasteiger partial charge < -0.3 is 10.1 Å². The number of aromatic nitrogens is 2. The van der Waals surface area contributed by atoms with Crippen LogP contribution < -0.4 is 15.6 Å². The first-order chi connectivity index (χ1) is 12.6. The third kappa shape index (κ3) is 3.94. The van der Waals surface area contributed by atoms with Gasteiger partial charge in [0.1, 0.15) is 5.75 Å². The molecule has 5 heteroatoms. The van der Waals surface area contributed by atoms with Gasteiger partial charge in [0.15, 0.2) is 5.82 Å². The molecule has 5 nitrogen and oxygen atoms in total. The van der Waals surface area contributed by atoms with Gasteiger partial charge in [-0.25, -0.2) is 4.98 Å². The molecule has 0 aliphatic heterocycles. The summed E-state index contributed by atoms with van der Waals surface area (Å²) in [6.07, 6.45) is 3.32. The average molecular weight is 349 g/mol. The fourth-order valence-corrected chi connectivity index (χ4v) is 2.69. The first kappa shape index (κ1) is 17.7. The van der Waals surface area contributed by atoms with Gasteiger partial charge in [-0.15, -0.1) is 0 Å². The fourth-order valence-electron chi connectivity index (χ4n) is 2.69. The van der Waals surface area contributed by atoms with Gasteiger partial charge >= 0.3 is 0 Å². The lowest BCUT2D eigenvalue weighted by atomic mass is 10.0. The van der Waals surface area contributed by atoms with E-state index in [1.54, 1.807) is 24.1 Å². The molecule has 0 saturated heterocycles. The molecule has 1 N–H and O–H groups in total. The molecule has 0 atom stereocenters. The largest absolute Gasteiger partial charge is 0.497 e. The minimum absolute atomic E-state index is 0.168. The van der Waals surface area contributed by atoms with Crippen LogP contribution in [-0.2, 0) is 6.54 Å². The van der Waals surface area contributed by atoms with E-state index in [0.717, 1.165) is 17.0 Å². The normalized spacial score (nSPS) is 10.8. The van der Waals surface area contributed by atoms with Gasteiger partial charge in [-0.1, -0.05) is 38.1 Å². The van der Waals surface area contributed by atoms with Crippen molar-refractivity contribution in [2.24, 2.45) is 0 Å². The van der Waals surface area contributed by atoms with Gasteiger partial charge in [-0.05, 0) is 41.3 Å². The number of methoxy groups -OCH3 is 1. The van der Waals surface area contributed by atoms with Gasteiger partial charge in [0.05, 0.1) is 7.11 Å². The second kappa shape index (κ2) is 7.87. The van der Waals surface area contributed by atoms with Crippen LogP contribution in [0, 0.1) is 0 Å². The zero-order valence-electron chi connectivity index (χ0n) is 15.3. The van der Waals surface area contributed by atoms with Crippen LogP contribution in [0.2, 0.25) is 0 Å². The smallest absolute Gasteiger partial charge is 0.297 e. The molecule has 3 rings (SSSR count). The van der Waals surface area contributed by atoms with Crippen LogP contribution in [-0.4, -0.2) is 16.7 Å². The molecule has 0 radical (unpaired) electrons. The van der Waals surface area contributed by atoms with Crippen molar-refractivity contribution in [1.29, 1.82) is 0 Å². The summed E-state index contributed by atoms with van der Waals surface area (Å²) >= 11 is 0. The quantitative estimate of drug-likeness (QED) is 0.731. The van der Waals surface area contributed by atoms with Crippen molar-refractivity contribution < 1.29 is 4.74 Å². The molecule has 26 heavy (non-hydrogen) atoms. The standard InChI is InChI=1S/C21H23N3O2/c1-15(2)17-6-8-18(9-7-17)24-13-12-22-20(21(24)25)23-14-16-4-10-19(26-3)11-5-16/h4-13,15H,14H2,1-3H3,(H,22,23). The minimum atomic E-state index is -0.168. The summed E-state index contributed by atoms with van der Waals surface area (Å²) in [7, 11) is 1.64. The lowest BCUT2D eigenvalue weighted by Gasteiger charge is -2.11. The van der Waals surface area contributed by atoms with Crippen molar-refractivity contribution in [3.8, 4) is 11.4 Å². The zero-order valence-corrected chi connectivity index (χ0v) is 15.3. The molecule has 0 aliphatic carbocycles. The Balaban J connectivity index is 1.79.